The maximum absolute atomic E-state index is 14.8. The van der Waals surface area contributed by atoms with E-state index in [1.807, 2.05) is 5.32 Å². The van der Waals surface area contributed by atoms with Crippen molar-refractivity contribution >= 4 is 11.7 Å². The van der Waals surface area contributed by atoms with E-state index in [9.17, 15) is 35.5 Å². The minimum absolute atomic E-state index is 0.132. The molecule has 3 rings (SSSR count). The number of rotatable bonds is 6. The lowest BCUT2D eigenvalue weighted by molar-refractivity contribution is -0.359. The summed E-state index contributed by atoms with van der Waals surface area (Å²) in [5.41, 5.74) is -0.193. The number of ether oxygens (including phenoxy) is 1. The van der Waals surface area contributed by atoms with Gasteiger partial charge in [0.05, 0.1) is 6.04 Å². The normalized spacial score (nSPS) is 19.8. The predicted molar refractivity (Wildman–Crippen MR) is 92.9 cm³/mol. The van der Waals surface area contributed by atoms with Crippen LogP contribution in [0.5, 0.6) is 0 Å². The lowest BCUT2D eigenvalue weighted by Gasteiger charge is -2.46. The number of alkyl halides is 5. The zero-order valence-electron chi connectivity index (χ0n) is 15.7. The Hall–Kier alpha value is -2.96. The second kappa shape index (κ2) is 8.65. The van der Waals surface area contributed by atoms with Gasteiger partial charge in [0.15, 0.2) is 17.7 Å². The first-order chi connectivity index (χ1) is 14.5. The van der Waals surface area contributed by atoms with Crippen LogP contribution in [0.2, 0.25) is 0 Å². The van der Waals surface area contributed by atoms with E-state index in [0.29, 0.717) is 0 Å². The lowest BCUT2D eigenvalue weighted by Crippen LogP contribution is -2.66. The van der Waals surface area contributed by atoms with Gasteiger partial charge >= 0.3 is 6.36 Å². The van der Waals surface area contributed by atoms with Crippen molar-refractivity contribution in [1.82, 2.24) is 14.9 Å². The number of nitrogens with zero attached hydrogens (tertiary/aromatic N) is 3. The number of benzene rings is 1. The van der Waals surface area contributed by atoms with Crippen LogP contribution in [0, 0.1) is 11.6 Å². The molecule has 1 amide bonds. The molecular formula is C18H15F7N4O2. The Morgan fingerprint density at radius 3 is 2.39 bits per heavy atom. The molecular weight excluding hydrogens is 437 g/mol. The molecule has 1 aromatic carbocycles. The molecule has 6 nitrogen and oxygen atoms in total. The van der Waals surface area contributed by atoms with Gasteiger partial charge < -0.3 is 10.2 Å². The Morgan fingerprint density at radius 2 is 1.84 bits per heavy atom. The Kier molecular flexibility index (Phi) is 6.34. The fraction of sp³-hybridized carbons (Fsp3) is 0.389. The molecule has 0 aliphatic carbocycles. The van der Waals surface area contributed by atoms with Crippen molar-refractivity contribution in [3.05, 3.63) is 42.2 Å². The van der Waals surface area contributed by atoms with Crippen LogP contribution in [0.25, 0.3) is 11.3 Å². The molecule has 1 N–H and O–H groups in total. The summed E-state index contributed by atoms with van der Waals surface area (Å²) in [6.07, 6.45) is -8.81. The number of amides is 1. The zero-order chi connectivity index (χ0) is 22.9. The lowest BCUT2D eigenvalue weighted by atomic mass is 9.99. The van der Waals surface area contributed by atoms with Crippen LogP contribution < -0.4 is 5.32 Å². The molecule has 0 saturated carbocycles. The van der Waals surface area contributed by atoms with Crippen LogP contribution in [0.1, 0.15) is 6.92 Å². The van der Waals surface area contributed by atoms with Crippen molar-refractivity contribution in [2.24, 2.45) is 0 Å². The van der Waals surface area contributed by atoms with Crippen molar-refractivity contribution in [3.8, 4) is 11.3 Å². The SMILES string of the molecule is C[C@H]1[C@@H](OC(F)(F)F)CN1C(=O)[C@@H](Nc1ncnc(-c2ccc(F)cc2)c1F)C(F)F. The highest BCUT2D eigenvalue weighted by Gasteiger charge is 2.48. The molecule has 1 fully saturated rings. The monoisotopic (exact) mass is 452 g/mol. The first kappa shape index (κ1) is 22.7. The molecule has 13 heteroatoms. The van der Waals surface area contributed by atoms with E-state index in [2.05, 4.69) is 14.7 Å². The van der Waals surface area contributed by atoms with Gasteiger partial charge in [0.25, 0.3) is 12.3 Å². The second-order valence-corrected chi connectivity index (χ2v) is 6.68. The van der Waals surface area contributed by atoms with E-state index in [-0.39, 0.29) is 11.3 Å². The van der Waals surface area contributed by atoms with Crippen molar-refractivity contribution < 1.29 is 40.3 Å². The van der Waals surface area contributed by atoms with Crippen LogP contribution in [0.15, 0.2) is 30.6 Å². The summed E-state index contributed by atoms with van der Waals surface area (Å²) in [5, 5.41) is 2.00. The molecule has 1 aliphatic heterocycles. The summed E-state index contributed by atoms with van der Waals surface area (Å²) in [5.74, 6) is -3.71. The first-order valence-corrected chi connectivity index (χ1v) is 8.84. The third-order valence-corrected chi connectivity index (χ3v) is 4.69. The number of nitrogens with one attached hydrogen (secondary N) is 1. The van der Waals surface area contributed by atoms with Gasteiger partial charge in [-0.15, -0.1) is 13.2 Å². The molecule has 0 bridgehead atoms. The van der Waals surface area contributed by atoms with Crippen LogP contribution >= 0.6 is 0 Å². The third kappa shape index (κ3) is 5.03. The van der Waals surface area contributed by atoms with E-state index in [1.165, 1.54) is 19.1 Å². The first-order valence-electron chi connectivity index (χ1n) is 8.84. The molecule has 2 aromatic rings. The highest BCUT2D eigenvalue weighted by Crippen LogP contribution is 2.30. The molecule has 2 heterocycles. The smallest absolute Gasteiger partial charge is 0.351 e. The minimum atomic E-state index is -4.94. The molecule has 0 spiro atoms. The second-order valence-electron chi connectivity index (χ2n) is 6.68. The van der Waals surface area contributed by atoms with Crippen molar-refractivity contribution in [1.29, 1.82) is 0 Å². The summed E-state index contributed by atoms with van der Waals surface area (Å²) in [7, 11) is 0. The average molecular weight is 452 g/mol. The highest BCUT2D eigenvalue weighted by atomic mass is 19.4. The van der Waals surface area contributed by atoms with Crippen LogP contribution in [-0.4, -0.2) is 58.3 Å². The molecule has 1 aliphatic rings. The fourth-order valence-corrected chi connectivity index (χ4v) is 3.01. The summed E-state index contributed by atoms with van der Waals surface area (Å²) >= 11 is 0. The van der Waals surface area contributed by atoms with Crippen molar-refractivity contribution in [2.75, 3.05) is 11.9 Å². The molecule has 3 atom stereocenters. The fourth-order valence-electron chi connectivity index (χ4n) is 3.01. The molecule has 1 aromatic heterocycles. The van der Waals surface area contributed by atoms with E-state index in [0.717, 1.165) is 23.4 Å². The standard InChI is InChI=1S/C18H15F7N4O2/c1-8-11(31-18(23,24)25)6-29(8)17(30)14(15(21)22)28-16-12(20)13(26-7-27-16)9-2-4-10(19)5-3-9/h2-5,7-8,11,14-15H,6H2,1H3,(H,26,27,28)/t8-,11-,14-/m0/s1. The number of carbonyl (C=O) groups is 1. The Labute approximate surface area is 171 Å². The summed E-state index contributed by atoms with van der Waals surface area (Å²) in [6, 6.07) is 1.10. The summed E-state index contributed by atoms with van der Waals surface area (Å²) in [4.78, 5) is 20.4. The number of carbonyl (C=O) groups excluding carboxylic acids is 1. The molecule has 31 heavy (non-hydrogen) atoms. The molecule has 168 valence electrons. The minimum Gasteiger partial charge on any atom is -0.351 e. The summed E-state index contributed by atoms with van der Waals surface area (Å²) < 4.78 is 95.6. The molecule has 0 unspecified atom stereocenters. The number of likely N-dealkylation sites (tertiary alicyclic amines) is 1. The molecule has 1 saturated heterocycles. The maximum atomic E-state index is 14.8. The number of aromatic nitrogens is 2. The number of hydrogen-bond acceptors (Lipinski definition) is 5. The predicted octanol–water partition coefficient (Wildman–Crippen LogP) is 3.60. The van der Waals surface area contributed by atoms with Crippen LogP contribution in [0.3, 0.4) is 0 Å². The third-order valence-electron chi connectivity index (χ3n) is 4.69. The van der Waals surface area contributed by atoms with Gasteiger partial charge in [-0.05, 0) is 31.2 Å². The van der Waals surface area contributed by atoms with E-state index >= 15 is 0 Å². The summed E-state index contributed by atoms with van der Waals surface area (Å²) in [6.45, 7) is 0.649. The molecule has 0 radical (unpaired) electrons. The zero-order valence-corrected chi connectivity index (χ0v) is 15.7. The van der Waals surface area contributed by atoms with Gasteiger partial charge in [0.1, 0.15) is 23.9 Å². The van der Waals surface area contributed by atoms with E-state index in [1.54, 1.807) is 0 Å². The number of hydrogen-bond donors (Lipinski definition) is 1. The van der Waals surface area contributed by atoms with Gasteiger partial charge in [-0.1, -0.05) is 0 Å². The Morgan fingerprint density at radius 1 is 1.19 bits per heavy atom. The Balaban J connectivity index is 1.77. The number of halogens is 7. The van der Waals surface area contributed by atoms with Gasteiger partial charge in [0.2, 0.25) is 0 Å². The van der Waals surface area contributed by atoms with Crippen LogP contribution in [-0.2, 0) is 9.53 Å². The average Bonchev–Trinajstić information content (AvgIpc) is 2.69. The van der Waals surface area contributed by atoms with Gasteiger partial charge in [-0.2, -0.15) is 0 Å². The maximum Gasteiger partial charge on any atom is 0.522 e. The Bertz CT molecular complexity index is 939. The quantitative estimate of drug-likeness (QED) is 0.679. The largest absolute Gasteiger partial charge is 0.522 e. The van der Waals surface area contributed by atoms with E-state index in [4.69, 9.17) is 0 Å². The topological polar surface area (TPSA) is 67.3 Å². The highest BCUT2D eigenvalue weighted by molar-refractivity contribution is 5.86. The van der Waals surface area contributed by atoms with Gasteiger partial charge in [-0.3, -0.25) is 9.53 Å². The van der Waals surface area contributed by atoms with Gasteiger partial charge in [-0.25, -0.2) is 27.5 Å². The van der Waals surface area contributed by atoms with Crippen molar-refractivity contribution in [2.45, 2.75) is 37.9 Å². The van der Waals surface area contributed by atoms with Crippen molar-refractivity contribution in [3.63, 3.8) is 0 Å². The van der Waals surface area contributed by atoms with E-state index < -0.39 is 60.9 Å². The van der Waals surface area contributed by atoms with Crippen LogP contribution in [0.4, 0.5) is 36.6 Å². The number of anilines is 1. The van der Waals surface area contributed by atoms with Gasteiger partial charge in [0, 0.05) is 12.1 Å².